The molecule has 19 heteroatoms. The molecule has 0 aromatic heterocycles. The van der Waals surface area contributed by atoms with Crippen molar-refractivity contribution in [1.82, 2.24) is 0 Å². The first-order chi connectivity index (χ1) is 41.9. The van der Waals surface area contributed by atoms with E-state index < -0.39 is 97.5 Å². The molecule has 0 amide bonds. The summed E-state index contributed by atoms with van der Waals surface area (Å²) >= 11 is 0. The highest BCUT2D eigenvalue weighted by atomic mass is 31.2. The van der Waals surface area contributed by atoms with Crippen molar-refractivity contribution >= 4 is 39.5 Å². The molecule has 0 radical (unpaired) electrons. The molecule has 0 spiro atoms. The lowest BCUT2D eigenvalue weighted by Gasteiger charge is -2.21. The Balaban J connectivity index is 5.26. The Labute approximate surface area is 530 Å². The standard InChI is InChI=1S/C68H132O17P2/c1-7-11-13-15-17-19-21-23-27-31-38-44-50-65(70)78-56-63(84-68(73)53-47-41-33-29-25-24-26-30-36-42-48-60(5)9-3)58-82-86(74,75)80-54-62(69)55-81-87(76,77)83-59-64(57-79-66(71)51-45-39-35-34-37-43-49-61(6)10-4)85-67(72)52-46-40-32-28-22-20-18-16-14-12-8-2/h60-64,69H,7-59H2,1-6H3,(H,74,75)(H,76,77)/t60?,61?,62-,63-,64-/m1/s1. The highest BCUT2D eigenvalue weighted by Gasteiger charge is 2.30. The van der Waals surface area contributed by atoms with E-state index in [1.54, 1.807) is 0 Å². The summed E-state index contributed by atoms with van der Waals surface area (Å²) in [6.07, 6.45) is 44.2. The lowest BCUT2D eigenvalue weighted by atomic mass is 9.99. The molecule has 516 valence electrons. The van der Waals surface area contributed by atoms with Crippen LogP contribution in [0.25, 0.3) is 0 Å². The van der Waals surface area contributed by atoms with Gasteiger partial charge in [-0.2, -0.15) is 0 Å². The molecule has 0 aliphatic heterocycles. The lowest BCUT2D eigenvalue weighted by Crippen LogP contribution is -2.30. The Morgan fingerprint density at radius 1 is 0.322 bits per heavy atom. The molecule has 3 N–H and O–H groups in total. The zero-order valence-electron chi connectivity index (χ0n) is 56.3. The molecule has 7 atom stereocenters. The summed E-state index contributed by atoms with van der Waals surface area (Å²) in [6.45, 7) is 9.51. The number of ether oxygens (including phenoxy) is 4. The van der Waals surface area contributed by atoms with E-state index in [-0.39, 0.29) is 25.7 Å². The third-order valence-corrected chi connectivity index (χ3v) is 18.3. The van der Waals surface area contributed by atoms with Gasteiger partial charge in [0, 0.05) is 25.7 Å². The number of esters is 4. The van der Waals surface area contributed by atoms with Crippen LogP contribution in [0.1, 0.15) is 343 Å². The van der Waals surface area contributed by atoms with Gasteiger partial charge in [-0.05, 0) is 37.5 Å². The Hall–Kier alpha value is -1.94. The third kappa shape index (κ3) is 60.1. The molecule has 0 heterocycles. The first-order valence-corrected chi connectivity index (χ1v) is 38.6. The normalized spacial score (nSPS) is 14.8. The van der Waals surface area contributed by atoms with Crippen LogP contribution in [0.3, 0.4) is 0 Å². The average Bonchev–Trinajstić information content (AvgIpc) is 3.69. The number of hydrogen-bond donors (Lipinski definition) is 3. The van der Waals surface area contributed by atoms with Crippen molar-refractivity contribution in [1.29, 1.82) is 0 Å². The SMILES string of the molecule is CCCCCCCCCCCCCCC(=O)OC[C@H](COP(=O)(O)OC[C@@H](O)COP(=O)(O)OC[C@@H](COC(=O)CCCCCCCCC(C)CC)OC(=O)CCCCCCCCCCCCC)OC(=O)CCCCCCCCCCCCC(C)CC. The van der Waals surface area contributed by atoms with Crippen LogP contribution in [0.5, 0.6) is 0 Å². The minimum atomic E-state index is -4.95. The zero-order valence-corrected chi connectivity index (χ0v) is 58.1. The first-order valence-electron chi connectivity index (χ1n) is 35.6. The van der Waals surface area contributed by atoms with E-state index in [1.165, 1.54) is 154 Å². The maximum atomic E-state index is 13.0. The van der Waals surface area contributed by atoms with E-state index in [0.29, 0.717) is 25.7 Å². The number of aliphatic hydroxyl groups is 1. The van der Waals surface area contributed by atoms with Crippen molar-refractivity contribution in [2.75, 3.05) is 39.6 Å². The molecular weight excluding hydrogens is 1150 g/mol. The Kier molecular flexibility index (Phi) is 59.0. The minimum Gasteiger partial charge on any atom is -0.462 e. The van der Waals surface area contributed by atoms with E-state index >= 15 is 0 Å². The fourth-order valence-electron chi connectivity index (χ4n) is 10.2. The topological polar surface area (TPSA) is 237 Å². The van der Waals surface area contributed by atoms with Crippen LogP contribution < -0.4 is 0 Å². The highest BCUT2D eigenvalue weighted by molar-refractivity contribution is 7.47. The number of carbonyl (C=O) groups excluding carboxylic acids is 4. The summed E-state index contributed by atoms with van der Waals surface area (Å²) in [6, 6.07) is 0. The first kappa shape index (κ1) is 85.1. The molecule has 0 aromatic carbocycles. The summed E-state index contributed by atoms with van der Waals surface area (Å²) in [7, 11) is -9.90. The quantitative estimate of drug-likeness (QED) is 0.0222. The van der Waals surface area contributed by atoms with Gasteiger partial charge in [-0.25, -0.2) is 9.13 Å². The van der Waals surface area contributed by atoms with Gasteiger partial charge >= 0.3 is 39.5 Å². The summed E-state index contributed by atoms with van der Waals surface area (Å²) < 4.78 is 68.2. The van der Waals surface area contributed by atoms with Crippen LogP contribution in [0, 0.1) is 11.8 Å². The summed E-state index contributed by atoms with van der Waals surface area (Å²) in [5, 5.41) is 10.6. The van der Waals surface area contributed by atoms with Crippen LogP contribution in [-0.2, 0) is 65.4 Å². The van der Waals surface area contributed by atoms with Gasteiger partial charge in [-0.1, -0.05) is 292 Å². The van der Waals surface area contributed by atoms with Gasteiger partial charge in [0.2, 0.25) is 0 Å². The van der Waals surface area contributed by atoms with Crippen LogP contribution in [-0.4, -0.2) is 96.7 Å². The van der Waals surface area contributed by atoms with E-state index in [2.05, 4.69) is 41.5 Å². The number of phosphoric ester groups is 2. The van der Waals surface area contributed by atoms with Crippen LogP contribution in [0.4, 0.5) is 0 Å². The van der Waals surface area contributed by atoms with Gasteiger partial charge in [0.1, 0.15) is 19.3 Å². The molecule has 4 unspecified atom stereocenters. The van der Waals surface area contributed by atoms with Crippen LogP contribution >= 0.6 is 15.6 Å². The number of unbranched alkanes of at least 4 members (excludes halogenated alkanes) is 35. The summed E-state index contributed by atoms with van der Waals surface area (Å²) in [5.74, 6) is -0.592. The van der Waals surface area contributed by atoms with Crippen molar-refractivity contribution < 1.29 is 80.2 Å². The molecule has 0 saturated heterocycles. The predicted octanol–water partition coefficient (Wildman–Crippen LogP) is 19.2. The zero-order chi connectivity index (χ0) is 64.3. The highest BCUT2D eigenvalue weighted by Crippen LogP contribution is 2.45. The molecule has 0 rings (SSSR count). The van der Waals surface area contributed by atoms with Gasteiger partial charge in [-0.15, -0.1) is 0 Å². The molecule has 0 aromatic rings. The fourth-order valence-corrected chi connectivity index (χ4v) is 11.8. The predicted molar refractivity (Wildman–Crippen MR) is 349 cm³/mol. The van der Waals surface area contributed by atoms with Gasteiger partial charge in [0.25, 0.3) is 0 Å². The number of carbonyl (C=O) groups is 4. The molecule has 87 heavy (non-hydrogen) atoms. The summed E-state index contributed by atoms with van der Waals surface area (Å²) in [5.41, 5.74) is 0. The lowest BCUT2D eigenvalue weighted by molar-refractivity contribution is -0.161. The van der Waals surface area contributed by atoms with Crippen molar-refractivity contribution in [3.8, 4) is 0 Å². The van der Waals surface area contributed by atoms with E-state index in [0.717, 1.165) is 108 Å². The average molecular weight is 1280 g/mol. The monoisotopic (exact) mass is 1280 g/mol. The molecule has 17 nitrogen and oxygen atoms in total. The number of rotatable bonds is 67. The fraction of sp³-hybridized carbons (Fsp3) is 0.941. The Morgan fingerprint density at radius 3 is 0.816 bits per heavy atom. The summed E-state index contributed by atoms with van der Waals surface area (Å²) in [4.78, 5) is 72.4. The molecule has 0 bridgehead atoms. The van der Waals surface area contributed by atoms with Crippen LogP contribution in [0.15, 0.2) is 0 Å². The van der Waals surface area contributed by atoms with E-state index in [9.17, 15) is 43.2 Å². The second-order valence-corrected chi connectivity index (χ2v) is 28.0. The largest absolute Gasteiger partial charge is 0.472 e. The molecule has 0 saturated carbocycles. The van der Waals surface area contributed by atoms with Gasteiger partial charge in [0.15, 0.2) is 12.2 Å². The third-order valence-electron chi connectivity index (χ3n) is 16.4. The van der Waals surface area contributed by atoms with E-state index in [4.69, 9.17) is 37.0 Å². The van der Waals surface area contributed by atoms with Gasteiger partial charge in [0.05, 0.1) is 26.4 Å². The maximum Gasteiger partial charge on any atom is 0.472 e. The molecule has 0 aliphatic carbocycles. The Bertz CT molecular complexity index is 1700. The maximum absolute atomic E-state index is 13.0. The van der Waals surface area contributed by atoms with E-state index in [1.807, 2.05) is 0 Å². The second-order valence-electron chi connectivity index (χ2n) is 25.0. The molecule has 0 fully saturated rings. The molecule has 0 aliphatic rings. The Morgan fingerprint density at radius 2 is 0.552 bits per heavy atom. The molecular formula is C68H132O17P2. The minimum absolute atomic E-state index is 0.106. The second kappa shape index (κ2) is 60.3. The number of aliphatic hydroxyl groups excluding tert-OH is 1. The van der Waals surface area contributed by atoms with Crippen molar-refractivity contribution in [2.45, 2.75) is 362 Å². The smallest absolute Gasteiger partial charge is 0.462 e. The van der Waals surface area contributed by atoms with Crippen molar-refractivity contribution in [3.63, 3.8) is 0 Å². The van der Waals surface area contributed by atoms with Crippen LogP contribution in [0.2, 0.25) is 0 Å². The van der Waals surface area contributed by atoms with Crippen molar-refractivity contribution in [2.24, 2.45) is 11.8 Å². The number of hydrogen-bond acceptors (Lipinski definition) is 15. The van der Waals surface area contributed by atoms with Crippen molar-refractivity contribution in [3.05, 3.63) is 0 Å². The van der Waals surface area contributed by atoms with Gasteiger partial charge in [-0.3, -0.25) is 37.3 Å². The number of phosphoric acid groups is 2. The van der Waals surface area contributed by atoms with Gasteiger partial charge < -0.3 is 33.8 Å².